The minimum atomic E-state index is -0.196. The fourth-order valence-corrected chi connectivity index (χ4v) is 7.71. The van der Waals surface area contributed by atoms with Crippen molar-refractivity contribution in [2.24, 2.45) is 0 Å². The van der Waals surface area contributed by atoms with E-state index in [-0.39, 0.29) is 10.8 Å². The van der Waals surface area contributed by atoms with E-state index in [4.69, 9.17) is 0 Å². The first-order valence-corrected chi connectivity index (χ1v) is 16.0. The van der Waals surface area contributed by atoms with Crippen molar-refractivity contribution in [2.75, 3.05) is 9.80 Å². The maximum absolute atomic E-state index is 2.53. The molecule has 2 nitrogen and oxygen atoms in total. The lowest BCUT2D eigenvalue weighted by Crippen LogP contribution is -2.38. The summed E-state index contributed by atoms with van der Waals surface area (Å²) < 4.78 is 0. The van der Waals surface area contributed by atoms with E-state index in [1.165, 1.54) is 61.7 Å². The van der Waals surface area contributed by atoms with Crippen LogP contribution in [0, 0.1) is 6.92 Å². The molecule has 0 saturated carbocycles. The zero-order valence-corrected chi connectivity index (χ0v) is 26.7. The molecule has 0 aliphatic carbocycles. The summed E-state index contributed by atoms with van der Waals surface area (Å²) in [6.07, 6.45) is 0. The molecule has 45 heavy (non-hydrogen) atoms. The van der Waals surface area contributed by atoms with Crippen LogP contribution in [0.25, 0.3) is 11.1 Å². The molecule has 0 fully saturated rings. The number of hydrogen-bond acceptors (Lipinski definition) is 2. The van der Waals surface area contributed by atoms with Crippen molar-refractivity contribution in [3.05, 3.63) is 167 Å². The molecule has 2 aliphatic heterocycles. The van der Waals surface area contributed by atoms with Gasteiger partial charge in [0, 0.05) is 27.9 Å². The van der Waals surface area contributed by atoms with Gasteiger partial charge in [0.05, 0.1) is 17.1 Å². The molecular formula is C43H38N2. The summed E-state index contributed by atoms with van der Waals surface area (Å²) in [5.74, 6) is 0. The maximum Gasteiger partial charge on any atom is 0.0543 e. The summed E-state index contributed by atoms with van der Waals surface area (Å²) in [4.78, 5) is 4.96. The second kappa shape index (κ2) is 9.97. The highest BCUT2D eigenvalue weighted by atomic mass is 15.2. The van der Waals surface area contributed by atoms with Crippen molar-refractivity contribution in [1.82, 2.24) is 0 Å². The molecule has 0 radical (unpaired) electrons. The van der Waals surface area contributed by atoms with E-state index in [9.17, 15) is 0 Å². The summed E-state index contributed by atoms with van der Waals surface area (Å²) in [5.41, 5.74) is 16.2. The zero-order valence-electron chi connectivity index (χ0n) is 26.7. The molecule has 0 atom stereocenters. The molecule has 2 aliphatic rings. The Morgan fingerprint density at radius 1 is 0.467 bits per heavy atom. The fraction of sp³-hybridized carbons (Fsp3) is 0.163. The number of fused-ring (bicyclic) bond motifs is 4. The first-order valence-electron chi connectivity index (χ1n) is 16.0. The molecule has 0 unspecified atom stereocenters. The summed E-state index contributed by atoms with van der Waals surface area (Å²) in [5, 5.41) is 0. The molecule has 6 aromatic carbocycles. The molecule has 6 aromatic rings. The van der Waals surface area contributed by atoms with Gasteiger partial charge >= 0.3 is 0 Å². The van der Waals surface area contributed by atoms with Crippen LogP contribution in [0.2, 0.25) is 0 Å². The third-order valence-corrected chi connectivity index (χ3v) is 10.1. The highest BCUT2D eigenvalue weighted by Crippen LogP contribution is 2.60. The average Bonchev–Trinajstić information content (AvgIpc) is 3.06. The van der Waals surface area contributed by atoms with Gasteiger partial charge in [-0.3, -0.25) is 0 Å². The fourth-order valence-electron chi connectivity index (χ4n) is 7.71. The normalized spacial score (nSPS) is 15.1. The Balaban J connectivity index is 1.36. The molecule has 0 N–H and O–H groups in total. The van der Waals surface area contributed by atoms with Crippen LogP contribution < -0.4 is 9.80 Å². The van der Waals surface area contributed by atoms with Gasteiger partial charge in [0.15, 0.2) is 0 Å². The van der Waals surface area contributed by atoms with Gasteiger partial charge in [-0.1, -0.05) is 125 Å². The number of hydrogen-bond donors (Lipinski definition) is 0. The molecule has 0 saturated heterocycles. The highest BCUT2D eigenvalue weighted by Gasteiger charge is 2.45. The summed E-state index contributed by atoms with van der Waals surface area (Å²) in [6, 6.07) is 51.3. The smallest absolute Gasteiger partial charge is 0.0543 e. The minimum Gasteiger partial charge on any atom is -0.310 e. The predicted octanol–water partition coefficient (Wildman–Crippen LogP) is 11.9. The van der Waals surface area contributed by atoms with Crippen molar-refractivity contribution in [2.45, 2.75) is 45.4 Å². The Hall–Kier alpha value is -5.08. The second-order valence-corrected chi connectivity index (χ2v) is 13.5. The molecule has 0 spiro atoms. The van der Waals surface area contributed by atoms with Crippen LogP contribution in [0.15, 0.2) is 140 Å². The maximum atomic E-state index is 2.53. The molecule has 0 bridgehead atoms. The number of aryl methyl sites for hydroxylation is 1. The lowest BCUT2D eigenvalue weighted by atomic mass is 9.66. The molecule has 0 aromatic heterocycles. The molecule has 2 heteroatoms. The Morgan fingerprint density at radius 3 is 1.82 bits per heavy atom. The van der Waals surface area contributed by atoms with E-state index < -0.39 is 0 Å². The standard InChI is InChI=1S/C43H38N2/c1-29-15-9-11-23-38(29)44(32-19-13-18-31(27-32)30-16-7-6-8-17-30)33-25-26-40-37(28-33)43(4,5)36-22-14-21-35-41(36)45(40)39-24-12-10-20-34(39)42(35,2)3/h6-28H,1-5H3. The van der Waals surface area contributed by atoms with E-state index in [2.05, 4.69) is 184 Å². The third-order valence-electron chi connectivity index (χ3n) is 10.1. The Kier molecular flexibility index (Phi) is 6.09. The second-order valence-electron chi connectivity index (χ2n) is 13.5. The number of para-hydroxylation sites is 3. The molecule has 220 valence electrons. The van der Waals surface area contributed by atoms with Gasteiger partial charge in [-0.25, -0.2) is 0 Å². The van der Waals surface area contributed by atoms with Crippen LogP contribution in [0.5, 0.6) is 0 Å². The van der Waals surface area contributed by atoms with E-state index in [1.807, 2.05) is 0 Å². The largest absolute Gasteiger partial charge is 0.310 e. The van der Waals surface area contributed by atoms with Crippen LogP contribution in [-0.2, 0) is 10.8 Å². The highest BCUT2D eigenvalue weighted by molar-refractivity contribution is 5.94. The van der Waals surface area contributed by atoms with Gasteiger partial charge < -0.3 is 9.80 Å². The van der Waals surface area contributed by atoms with E-state index in [1.54, 1.807) is 0 Å². The monoisotopic (exact) mass is 582 g/mol. The van der Waals surface area contributed by atoms with Gasteiger partial charge in [-0.15, -0.1) is 0 Å². The van der Waals surface area contributed by atoms with Crippen molar-refractivity contribution in [3.8, 4) is 11.1 Å². The first kappa shape index (κ1) is 27.5. The van der Waals surface area contributed by atoms with E-state index in [0.717, 1.165) is 11.4 Å². The molecular weight excluding hydrogens is 544 g/mol. The number of benzene rings is 6. The Morgan fingerprint density at radius 2 is 1.04 bits per heavy atom. The van der Waals surface area contributed by atoms with Crippen LogP contribution in [-0.4, -0.2) is 0 Å². The van der Waals surface area contributed by atoms with Crippen LogP contribution in [0.1, 0.15) is 55.5 Å². The topological polar surface area (TPSA) is 6.48 Å². The van der Waals surface area contributed by atoms with Crippen molar-refractivity contribution < 1.29 is 0 Å². The van der Waals surface area contributed by atoms with Gasteiger partial charge in [0.1, 0.15) is 0 Å². The lowest BCUT2D eigenvalue weighted by Gasteiger charge is -2.49. The van der Waals surface area contributed by atoms with E-state index in [0.29, 0.717) is 0 Å². The Labute approximate surface area is 267 Å². The van der Waals surface area contributed by atoms with E-state index >= 15 is 0 Å². The van der Waals surface area contributed by atoms with Gasteiger partial charge in [0.25, 0.3) is 0 Å². The van der Waals surface area contributed by atoms with Gasteiger partial charge in [-0.05, 0) is 88.3 Å². The van der Waals surface area contributed by atoms with Crippen molar-refractivity contribution in [3.63, 3.8) is 0 Å². The van der Waals surface area contributed by atoms with Crippen LogP contribution >= 0.6 is 0 Å². The SMILES string of the molecule is Cc1ccccc1N(c1cccc(-c2ccccc2)c1)c1ccc2c(c1)C(C)(C)c1cccc3c1N2c1ccccc1C3(C)C. The molecule has 2 heterocycles. The first-order chi connectivity index (χ1) is 21.8. The van der Waals surface area contributed by atoms with Crippen molar-refractivity contribution >= 4 is 34.1 Å². The predicted molar refractivity (Wildman–Crippen MR) is 190 cm³/mol. The number of anilines is 6. The van der Waals surface area contributed by atoms with Crippen molar-refractivity contribution in [1.29, 1.82) is 0 Å². The quantitative estimate of drug-likeness (QED) is 0.204. The van der Waals surface area contributed by atoms with Gasteiger partial charge in [0.2, 0.25) is 0 Å². The third kappa shape index (κ3) is 4.09. The summed E-state index contributed by atoms with van der Waals surface area (Å²) in [6.45, 7) is 11.7. The van der Waals surface area contributed by atoms with Crippen LogP contribution in [0.4, 0.5) is 34.1 Å². The summed E-state index contributed by atoms with van der Waals surface area (Å²) >= 11 is 0. The Bertz CT molecular complexity index is 2090. The van der Waals surface area contributed by atoms with Crippen LogP contribution in [0.3, 0.4) is 0 Å². The lowest BCUT2D eigenvalue weighted by molar-refractivity contribution is 0.597. The minimum absolute atomic E-state index is 0.0859. The van der Waals surface area contributed by atoms with Gasteiger partial charge in [-0.2, -0.15) is 0 Å². The number of rotatable bonds is 4. The summed E-state index contributed by atoms with van der Waals surface area (Å²) in [7, 11) is 0. The average molecular weight is 583 g/mol. The zero-order chi connectivity index (χ0) is 30.9. The molecule has 8 rings (SSSR count). The number of nitrogens with zero attached hydrogens (tertiary/aromatic N) is 2. The molecule has 0 amide bonds.